The van der Waals surface area contributed by atoms with Crippen molar-refractivity contribution in [1.29, 1.82) is 0 Å². The Morgan fingerprint density at radius 3 is 2.04 bits per heavy atom. The van der Waals surface area contributed by atoms with Gasteiger partial charge in [0.1, 0.15) is 5.82 Å². The summed E-state index contributed by atoms with van der Waals surface area (Å²) in [5, 5.41) is 0. The molecule has 0 aliphatic carbocycles. The van der Waals surface area contributed by atoms with Crippen LogP contribution in [0.5, 0.6) is 0 Å². The van der Waals surface area contributed by atoms with Crippen LogP contribution >= 0.6 is 0 Å². The Labute approximate surface area is 162 Å². The van der Waals surface area contributed by atoms with E-state index >= 15 is 0 Å². The van der Waals surface area contributed by atoms with E-state index in [0.29, 0.717) is 11.1 Å². The second-order valence-electron chi connectivity index (χ2n) is 6.29. The summed E-state index contributed by atoms with van der Waals surface area (Å²) in [6.45, 7) is 1.75. The van der Waals surface area contributed by atoms with Gasteiger partial charge in [-0.3, -0.25) is 0 Å². The zero-order valence-corrected chi connectivity index (χ0v) is 15.8. The minimum absolute atomic E-state index is 0.234. The Morgan fingerprint density at radius 1 is 1.00 bits per heavy atom. The molecule has 1 aliphatic heterocycles. The van der Waals surface area contributed by atoms with Crippen LogP contribution in [0.3, 0.4) is 0 Å². The van der Waals surface area contributed by atoms with E-state index in [2.05, 4.69) is 0 Å². The summed E-state index contributed by atoms with van der Waals surface area (Å²) < 4.78 is 35.9. The molecule has 1 heterocycles. The number of carbonyl (C=O) groups is 2. The number of benzene rings is 2. The van der Waals surface area contributed by atoms with Crippen molar-refractivity contribution in [3.63, 3.8) is 0 Å². The van der Waals surface area contributed by atoms with E-state index in [-0.39, 0.29) is 6.42 Å². The lowest BCUT2D eigenvalue weighted by atomic mass is 9.98. The van der Waals surface area contributed by atoms with Crippen molar-refractivity contribution in [2.45, 2.75) is 31.3 Å². The molecule has 0 radical (unpaired) electrons. The van der Waals surface area contributed by atoms with Gasteiger partial charge in [0.25, 0.3) is 0 Å². The fourth-order valence-electron chi connectivity index (χ4n) is 3.25. The highest BCUT2D eigenvalue weighted by Crippen LogP contribution is 2.42. The van der Waals surface area contributed by atoms with Gasteiger partial charge in [-0.05, 0) is 11.6 Å². The van der Waals surface area contributed by atoms with Gasteiger partial charge in [-0.1, -0.05) is 49.4 Å². The molecule has 0 unspecified atom stereocenters. The lowest BCUT2D eigenvalue weighted by molar-refractivity contribution is -0.197. The maximum atomic E-state index is 14.8. The second kappa shape index (κ2) is 8.08. The highest BCUT2D eigenvalue weighted by molar-refractivity contribution is 5.86. The minimum atomic E-state index is -1.48. The van der Waals surface area contributed by atoms with Crippen molar-refractivity contribution in [2.75, 3.05) is 14.2 Å². The predicted octanol–water partition coefficient (Wildman–Crippen LogP) is 3.19. The predicted molar refractivity (Wildman–Crippen MR) is 97.6 cm³/mol. The van der Waals surface area contributed by atoms with Crippen LogP contribution in [0.2, 0.25) is 0 Å². The van der Waals surface area contributed by atoms with Gasteiger partial charge in [-0.15, -0.1) is 0 Å². The molecule has 3 rings (SSSR count). The first-order chi connectivity index (χ1) is 13.5. The zero-order chi connectivity index (χ0) is 20.3. The maximum Gasteiger partial charge on any atom is 0.338 e. The van der Waals surface area contributed by atoms with Crippen LogP contribution < -0.4 is 0 Å². The molecule has 0 N–H and O–H groups in total. The molecule has 1 saturated heterocycles. The number of ether oxygens (including phenoxy) is 4. The van der Waals surface area contributed by atoms with Crippen molar-refractivity contribution >= 4 is 11.9 Å². The third kappa shape index (κ3) is 3.50. The SMILES string of the molecule is CCC1(c2ccc(-c3ccccc3)c(F)c2)O[C@@H](C(=O)OC)[C@H](C(=O)OC)O1. The van der Waals surface area contributed by atoms with Crippen LogP contribution in [-0.2, 0) is 34.3 Å². The van der Waals surface area contributed by atoms with Crippen molar-refractivity contribution in [3.8, 4) is 11.1 Å². The molecule has 2 aromatic carbocycles. The molecule has 148 valence electrons. The summed E-state index contributed by atoms with van der Waals surface area (Å²) in [6.07, 6.45) is -2.39. The van der Waals surface area contributed by atoms with Crippen LogP contribution in [0.1, 0.15) is 18.9 Å². The Morgan fingerprint density at radius 2 is 1.57 bits per heavy atom. The molecule has 1 fully saturated rings. The fraction of sp³-hybridized carbons (Fsp3) is 0.333. The minimum Gasteiger partial charge on any atom is -0.467 e. The van der Waals surface area contributed by atoms with Crippen LogP contribution in [-0.4, -0.2) is 38.4 Å². The smallest absolute Gasteiger partial charge is 0.338 e. The molecule has 0 saturated carbocycles. The summed E-state index contributed by atoms with van der Waals surface area (Å²) in [6, 6.07) is 13.7. The summed E-state index contributed by atoms with van der Waals surface area (Å²) in [5.74, 6) is -3.49. The van der Waals surface area contributed by atoms with E-state index in [9.17, 15) is 14.0 Å². The average molecular weight is 388 g/mol. The first-order valence-corrected chi connectivity index (χ1v) is 8.82. The summed E-state index contributed by atoms with van der Waals surface area (Å²) in [4.78, 5) is 24.2. The Hall–Kier alpha value is -2.77. The van der Waals surface area contributed by atoms with Crippen molar-refractivity contribution in [1.82, 2.24) is 0 Å². The molecule has 2 atom stereocenters. The lowest BCUT2D eigenvalue weighted by Gasteiger charge is -2.27. The monoisotopic (exact) mass is 388 g/mol. The van der Waals surface area contributed by atoms with E-state index in [1.54, 1.807) is 31.2 Å². The second-order valence-corrected chi connectivity index (χ2v) is 6.29. The van der Waals surface area contributed by atoms with Gasteiger partial charge in [0, 0.05) is 17.5 Å². The van der Waals surface area contributed by atoms with Crippen molar-refractivity contribution < 1.29 is 32.9 Å². The molecule has 7 heteroatoms. The molecule has 0 amide bonds. The first-order valence-electron chi connectivity index (χ1n) is 8.82. The normalized spacial score (nSPS) is 20.6. The number of hydrogen-bond acceptors (Lipinski definition) is 6. The first kappa shape index (κ1) is 20.0. The molecule has 6 nitrogen and oxygen atoms in total. The number of esters is 2. The Kier molecular flexibility index (Phi) is 5.76. The van der Waals surface area contributed by atoms with Gasteiger partial charge in [-0.2, -0.15) is 0 Å². The van der Waals surface area contributed by atoms with E-state index in [1.807, 2.05) is 18.2 Å². The maximum absolute atomic E-state index is 14.8. The molecular weight excluding hydrogens is 367 g/mol. The van der Waals surface area contributed by atoms with Crippen LogP contribution in [0, 0.1) is 5.82 Å². The van der Waals surface area contributed by atoms with E-state index in [4.69, 9.17) is 18.9 Å². The fourth-order valence-corrected chi connectivity index (χ4v) is 3.25. The van der Waals surface area contributed by atoms with Gasteiger partial charge in [-0.25, -0.2) is 14.0 Å². The van der Waals surface area contributed by atoms with Crippen LogP contribution in [0.4, 0.5) is 4.39 Å². The van der Waals surface area contributed by atoms with Gasteiger partial charge >= 0.3 is 11.9 Å². The number of rotatable bonds is 5. The average Bonchev–Trinajstić information content (AvgIpc) is 3.14. The summed E-state index contributed by atoms with van der Waals surface area (Å²) >= 11 is 0. The van der Waals surface area contributed by atoms with Crippen LogP contribution in [0.25, 0.3) is 11.1 Å². The third-order valence-corrected chi connectivity index (χ3v) is 4.74. The zero-order valence-electron chi connectivity index (χ0n) is 15.8. The molecule has 1 aliphatic rings. The Balaban J connectivity index is 1.99. The number of halogens is 1. The van der Waals surface area contributed by atoms with Crippen LogP contribution in [0.15, 0.2) is 48.5 Å². The van der Waals surface area contributed by atoms with Gasteiger partial charge < -0.3 is 18.9 Å². The number of methoxy groups -OCH3 is 2. The van der Waals surface area contributed by atoms with E-state index in [1.165, 1.54) is 20.3 Å². The van der Waals surface area contributed by atoms with E-state index in [0.717, 1.165) is 5.56 Å². The topological polar surface area (TPSA) is 71.1 Å². The summed E-state index contributed by atoms with van der Waals surface area (Å²) in [7, 11) is 2.36. The molecule has 0 bridgehead atoms. The van der Waals surface area contributed by atoms with E-state index < -0.39 is 35.8 Å². The molecular formula is C21H21FO6. The largest absolute Gasteiger partial charge is 0.467 e. The number of carbonyl (C=O) groups excluding carboxylic acids is 2. The molecule has 28 heavy (non-hydrogen) atoms. The quantitative estimate of drug-likeness (QED) is 0.733. The molecule has 0 spiro atoms. The standard InChI is InChI=1S/C21H21FO6/c1-4-21(27-17(19(23)25-2)18(28-21)20(24)26-3)14-10-11-15(16(22)12-14)13-8-6-5-7-9-13/h5-12,17-18H,4H2,1-3H3/t17-,18-/m1/s1. The van der Waals surface area contributed by atoms with Gasteiger partial charge in [0.05, 0.1) is 14.2 Å². The molecule has 2 aromatic rings. The highest BCUT2D eigenvalue weighted by atomic mass is 19.1. The Bertz CT molecular complexity index is 842. The van der Waals surface area contributed by atoms with Gasteiger partial charge in [0.2, 0.25) is 0 Å². The van der Waals surface area contributed by atoms with Gasteiger partial charge in [0.15, 0.2) is 18.0 Å². The highest BCUT2D eigenvalue weighted by Gasteiger charge is 2.54. The molecule has 0 aromatic heterocycles. The summed E-state index contributed by atoms with van der Waals surface area (Å²) in [5.41, 5.74) is 1.50. The third-order valence-electron chi connectivity index (χ3n) is 4.74. The van der Waals surface area contributed by atoms with Crippen molar-refractivity contribution in [3.05, 3.63) is 59.9 Å². The van der Waals surface area contributed by atoms with Crippen molar-refractivity contribution in [2.24, 2.45) is 0 Å². The lowest BCUT2D eigenvalue weighted by Crippen LogP contribution is -2.38. The number of hydrogen-bond donors (Lipinski definition) is 0.